The van der Waals surface area contributed by atoms with Crippen molar-refractivity contribution < 1.29 is 14.3 Å². The maximum Gasteiger partial charge on any atom is 0.190 e. The van der Waals surface area contributed by atoms with Crippen LogP contribution in [0.4, 0.5) is 0 Å². The topological polar surface area (TPSA) is 48.4 Å². The molecule has 0 fully saturated rings. The molecule has 1 aliphatic carbocycles. The van der Waals surface area contributed by atoms with Gasteiger partial charge in [0.25, 0.3) is 0 Å². The maximum absolute atomic E-state index is 12.6. The summed E-state index contributed by atoms with van der Waals surface area (Å²) in [5, 5.41) is 0.408. The number of Topliss-reactive ketones (excluding diaryl/α,β-unsaturated/α-hetero) is 1. The molecule has 0 amide bonds. The fraction of sp³-hybridized carbons (Fsp3) is 0.222. The van der Waals surface area contributed by atoms with E-state index in [0.717, 1.165) is 22.4 Å². The molecule has 1 heterocycles. The molecule has 1 aliphatic rings. The molecule has 0 N–H and O–H groups in total. The highest BCUT2D eigenvalue weighted by molar-refractivity contribution is 6.29. The molecule has 3 rings (SSSR count). The lowest BCUT2D eigenvalue weighted by atomic mass is 9.88. The van der Waals surface area contributed by atoms with E-state index in [0.29, 0.717) is 29.3 Å². The number of pyridine rings is 1. The fourth-order valence-corrected chi connectivity index (χ4v) is 2.88. The highest BCUT2D eigenvalue weighted by Crippen LogP contribution is 2.30. The molecule has 5 heteroatoms. The molecule has 0 atom stereocenters. The Morgan fingerprint density at radius 3 is 2.78 bits per heavy atom. The number of hydrogen-bond donors (Lipinski definition) is 0. The zero-order chi connectivity index (χ0) is 16.4. The van der Waals surface area contributed by atoms with Crippen LogP contribution in [0.3, 0.4) is 0 Å². The van der Waals surface area contributed by atoms with E-state index in [-0.39, 0.29) is 5.78 Å². The van der Waals surface area contributed by atoms with Crippen LogP contribution in [0.2, 0.25) is 5.15 Å². The minimum absolute atomic E-state index is 0.00622. The molecule has 0 radical (unpaired) electrons. The van der Waals surface area contributed by atoms with Gasteiger partial charge in [0.1, 0.15) is 16.7 Å². The number of nitrogens with zero attached hydrogens (tertiary/aromatic N) is 1. The summed E-state index contributed by atoms with van der Waals surface area (Å²) in [4.78, 5) is 16.7. The summed E-state index contributed by atoms with van der Waals surface area (Å²) in [6.45, 7) is 0. The second-order valence-electron chi connectivity index (χ2n) is 5.28. The van der Waals surface area contributed by atoms with Gasteiger partial charge in [0, 0.05) is 29.8 Å². The first kappa shape index (κ1) is 15.6. The van der Waals surface area contributed by atoms with Gasteiger partial charge in [0.05, 0.1) is 14.2 Å². The van der Waals surface area contributed by atoms with Crippen LogP contribution in [-0.4, -0.2) is 25.0 Å². The first-order valence-corrected chi connectivity index (χ1v) is 7.59. The standard InChI is InChI=1S/C18H16ClNO3/c1-22-14-6-5-12(16(9-14)23-2)7-13-4-3-11-8-17(19)20-10-15(11)18(13)21/h4-6,8-10H,3,7H2,1-2H3. The summed E-state index contributed by atoms with van der Waals surface area (Å²) in [6.07, 6.45) is 4.69. The van der Waals surface area contributed by atoms with E-state index in [9.17, 15) is 4.79 Å². The third kappa shape index (κ3) is 3.08. The van der Waals surface area contributed by atoms with Crippen LogP contribution in [0.25, 0.3) is 0 Å². The van der Waals surface area contributed by atoms with Crippen molar-refractivity contribution in [2.75, 3.05) is 14.2 Å². The van der Waals surface area contributed by atoms with Crippen molar-refractivity contribution in [1.82, 2.24) is 4.98 Å². The fourth-order valence-electron chi connectivity index (χ4n) is 2.70. The van der Waals surface area contributed by atoms with Crippen LogP contribution in [0.5, 0.6) is 11.5 Å². The van der Waals surface area contributed by atoms with Crippen molar-refractivity contribution in [3.05, 3.63) is 64.0 Å². The number of carbonyl (C=O) groups excluding carboxylic acids is 1. The molecule has 0 saturated heterocycles. The molecule has 0 saturated carbocycles. The van der Waals surface area contributed by atoms with Gasteiger partial charge in [-0.05, 0) is 29.7 Å². The van der Waals surface area contributed by atoms with Gasteiger partial charge in [-0.2, -0.15) is 0 Å². The Labute approximate surface area is 139 Å². The Bertz CT molecular complexity index is 799. The number of fused-ring (bicyclic) bond motifs is 1. The summed E-state index contributed by atoms with van der Waals surface area (Å²) in [7, 11) is 3.22. The van der Waals surface area contributed by atoms with E-state index in [4.69, 9.17) is 21.1 Å². The van der Waals surface area contributed by atoms with Gasteiger partial charge in [-0.1, -0.05) is 23.7 Å². The van der Waals surface area contributed by atoms with Crippen molar-refractivity contribution in [3.63, 3.8) is 0 Å². The number of allylic oxidation sites excluding steroid dienone is 2. The molecule has 2 aromatic rings. The Morgan fingerprint density at radius 1 is 1.22 bits per heavy atom. The molecular weight excluding hydrogens is 314 g/mol. The Balaban J connectivity index is 1.89. The van der Waals surface area contributed by atoms with Gasteiger partial charge in [0.15, 0.2) is 5.78 Å². The van der Waals surface area contributed by atoms with E-state index >= 15 is 0 Å². The molecule has 0 aliphatic heterocycles. The van der Waals surface area contributed by atoms with E-state index in [1.807, 2.05) is 24.3 Å². The largest absolute Gasteiger partial charge is 0.497 e. The van der Waals surface area contributed by atoms with Crippen molar-refractivity contribution in [2.24, 2.45) is 0 Å². The predicted molar refractivity (Wildman–Crippen MR) is 88.6 cm³/mol. The zero-order valence-electron chi connectivity index (χ0n) is 12.9. The third-order valence-electron chi connectivity index (χ3n) is 3.94. The quantitative estimate of drug-likeness (QED) is 0.803. The van der Waals surface area contributed by atoms with Crippen LogP contribution in [0.15, 0.2) is 42.1 Å². The molecular formula is C18H16ClNO3. The summed E-state index contributed by atoms with van der Waals surface area (Å²) in [6, 6.07) is 7.34. The molecule has 1 aromatic heterocycles. The monoisotopic (exact) mass is 329 g/mol. The molecule has 0 unspecified atom stereocenters. The number of ether oxygens (including phenoxy) is 2. The van der Waals surface area contributed by atoms with Crippen molar-refractivity contribution in [2.45, 2.75) is 12.8 Å². The SMILES string of the molecule is COc1ccc(CC2=CCc3cc(Cl)ncc3C2=O)c(OC)c1. The van der Waals surface area contributed by atoms with Gasteiger partial charge in [-0.25, -0.2) is 4.98 Å². The highest BCUT2D eigenvalue weighted by Gasteiger charge is 2.22. The molecule has 23 heavy (non-hydrogen) atoms. The van der Waals surface area contributed by atoms with Crippen molar-refractivity contribution in [1.29, 1.82) is 0 Å². The summed E-state index contributed by atoms with van der Waals surface area (Å²) >= 11 is 5.89. The van der Waals surface area contributed by atoms with Gasteiger partial charge in [0.2, 0.25) is 0 Å². The molecule has 0 bridgehead atoms. The zero-order valence-corrected chi connectivity index (χ0v) is 13.7. The number of methoxy groups -OCH3 is 2. The number of benzene rings is 1. The van der Waals surface area contributed by atoms with Gasteiger partial charge < -0.3 is 9.47 Å². The van der Waals surface area contributed by atoms with Crippen LogP contribution < -0.4 is 9.47 Å². The lowest BCUT2D eigenvalue weighted by Gasteiger charge is -2.17. The molecule has 1 aromatic carbocycles. The number of carbonyl (C=O) groups is 1. The second kappa shape index (κ2) is 6.42. The normalized spacial score (nSPS) is 13.3. The lowest BCUT2D eigenvalue weighted by molar-refractivity contribution is 0.102. The minimum atomic E-state index is -0.00622. The average molecular weight is 330 g/mol. The van der Waals surface area contributed by atoms with Crippen molar-refractivity contribution >= 4 is 17.4 Å². The summed E-state index contributed by atoms with van der Waals surface area (Å²) in [5.74, 6) is 1.42. The van der Waals surface area contributed by atoms with Crippen molar-refractivity contribution in [3.8, 4) is 11.5 Å². The van der Waals surface area contributed by atoms with Crippen LogP contribution in [-0.2, 0) is 12.8 Å². The number of rotatable bonds is 4. The van der Waals surface area contributed by atoms with Gasteiger partial charge in [-0.3, -0.25) is 4.79 Å². The number of ketones is 1. The minimum Gasteiger partial charge on any atom is -0.497 e. The van der Waals surface area contributed by atoms with Gasteiger partial charge in [-0.15, -0.1) is 0 Å². The third-order valence-corrected chi connectivity index (χ3v) is 4.14. The molecule has 0 spiro atoms. The van der Waals surface area contributed by atoms with Crippen LogP contribution >= 0.6 is 11.6 Å². The molecule has 118 valence electrons. The Morgan fingerprint density at radius 2 is 2.04 bits per heavy atom. The van der Waals surface area contributed by atoms with Gasteiger partial charge >= 0.3 is 0 Å². The van der Waals surface area contributed by atoms with Crippen LogP contribution in [0.1, 0.15) is 21.5 Å². The lowest BCUT2D eigenvalue weighted by Crippen LogP contribution is -2.14. The van der Waals surface area contributed by atoms with E-state index in [1.54, 1.807) is 26.5 Å². The Kier molecular flexibility index (Phi) is 4.35. The maximum atomic E-state index is 12.6. The first-order valence-electron chi connectivity index (χ1n) is 7.21. The number of aromatic nitrogens is 1. The van der Waals surface area contributed by atoms with Crippen LogP contribution in [0, 0.1) is 0 Å². The van der Waals surface area contributed by atoms with E-state index in [1.165, 1.54) is 0 Å². The first-order chi connectivity index (χ1) is 11.1. The summed E-state index contributed by atoms with van der Waals surface area (Å²) < 4.78 is 10.6. The van der Waals surface area contributed by atoms with E-state index < -0.39 is 0 Å². The van der Waals surface area contributed by atoms with E-state index in [2.05, 4.69) is 4.98 Å². The highest BCUT2D eigenvalue weighted by atomic mass is 35.5. The smallest absolute Gasteiger partial charge is 0.190 e. The predicted octanol–water partition coefficient (Wildman–Crippen LogP) is 3.66. The Hall–Kier alpha value is -2.33. The number of hydrogen-bond acceptors (Lipinski definition) is 4. The molecule has 4 nitrogen and oxygen atoms in total. The summed E-state index contributed by atoms with van der Waals surface area (Å²) in [5.41, 5.74) is 3.23. The number of halogens is 1. The average Bonchev–Trinajstić information content (AvgIpc) is 2.57. The second-order valence-corrected chi connectivity index (χ2v) is 5.67.